The second kappa shape index (κ2) is 5.96. The lowest BCUT2D eigenvalue weighted by Crippen LogP contribution is -2.46. The molecule has 0 aromatic heterocycles. The summed E-state index contributed by atoms with van der Waals surface area (Å²) in [7, 11) is -4.09. The van der Waals surface area contributed by atoms with Crippen molar-refractivity contribution in [2.24, 2.45) is 0 Å². The quantitative estimate of drug-likeness (QED) is 0.796. The van der Waals surface area contributed by atoms with Gasteiger partial charge in [-0.3, -0.25) is 10.1 Å². The molecule has 0 saturated heterocycles. The van der Waals surface area contributed by atoms with E-state index in [-0.39, 0.29) is 4.90 Å². The van der Waals surface area contributed by atoms with Gasteiger partial charge in [-0.15, -0.1) is 0 Å². The summed E-state index contributed by atoms with van der Waals surface area (Å²) >= 11 is 15.6. The fourth-order valence-electron chi connectivity index (χ4n) is 0.980. The van der Waals surface area contributed by atoms with Crippen molar-refractivity contribution in [1.29, 1.82) is 0 Å². The number of halogens is 3. The van der Waals surface area contributed by atoms with Crippen LogP contribution in [-0.2, 0) is 14.8 Å². The number of urea groups is 1. The summed E-state index contributed by atoms with van der Waals surface area (Å²) in [6, 6.07) is 5.77. The Morgan fingerprint density at radius 2 is 1.58 bits per heavy atom. The Hall–Kier alpha value is -1.02. The first-order valence-corrected chi connectivity index (χ1v) is 7.24. The third-order valence-electron chi connectivity index (χ3n) is 1.77. The minimum atomic E-state index is -4.09. The van der Waals surface area contributed by atoms with Crippen molar-refractivity contribution >= 4 is 56.8 Å². The molecular formula is C9H7Cl3N2O4S. The van der Waals surface area contributed by atoms with Crippen molar-refractivity contribution in [3.63, 3.8) is 0 Å². The van der Waals surface area contributed by atoms with E-state index in [0.717, 1.165) is 0 Å². The molecule has 0 bridgehead atoms. The molecule has 0 unspecified atom stereocenters. The van der Waals surface area contributed by atoms with Crippen molar-refractivity contribution in [3.8, 4) is 0 Å². The van der Waals surface area contributed by atoms with E-state index in [1.165, 1.54) is 24.3 Å². The zero-order valence-electron chi connectivity index (χ0n) is 9.06. The van der Waals surface area contributed by atoms with E-state index in [9.17, 15) is 18.0 Å². The number of alkyl halides is 3. The summed E-state index contributed by atoms with van der Waals surface area (Å²) in [6.45, 7) is 0. The molecule has 1 aromatic carbocycles. The maximum absolute atomic E-state index is 11.7. The van der Waals surface area contributed by atoms with Crippen molar-refractivity contribution in [3.05, 3.63) is 30.3 Å². The van der Waals surface area contributed by atoms with E-state index in [4.69, 9.17) is 34.8 Å². The smallest absolute Gasteiger partial charge is 0.274 e. The van der Waals surface area contributed by atoms with Gasteiger partial charge in [0.25, 0.3) is 19.7 Å². The Balaban J connectivity index is 2.76. The van der Waals surface area contributed by atoms with Gasteiger partial charge in [-0.25, -0.2) is 17.9 Å². The molecule has 0 aliphatic carbocycles. The molecule has 0 atom stereocenters. The molecule has 2 N–H and O–H groups in total. The van der Waals surface area contributed by atoms with Crippen molar-refractivity contribution in [2.45, 2.75) is 8.69 Å². The first-order chi connectivity index (χ1) is 8.63. The highest BCUT2D eigenvalue weighted by Crippen LogP contribution is 2.25. The number of amides is 3. The highest BCUT2D eigenvalue weighted by atomic mass is 35.6. The van der Waals surface area contributed by atoms with Crippen LogP contribution < -0.4 is 10.0 Å². The number of carbonyl (C=O) groups excluding carboxylic acids is 2. The Morgan fingerprint density at radius 3 is 2.05 bits per heavy atom. The summed E-state index contributed by atoms with van der Waals surface area (Å²) in [5, 5.41) is 1.58. The molecule has 19 heavy (non-hydrogen) atoms. The number of hydrogen-bond acceptors (Lipinski definition) is 4. The lowest BCUT2D eigenvalue weighted by atomic mass is 10.4. The standard InChI is InChI=1S/C9H7Cl3N2O4S/c10-9(11,12)7(15)13-8(16)14-19(17,18)6-4-2-1-3-5-6/h1-5H,(H2,13,14,15,16). The van der Waals surface area contributed by atoms with Gasteiger partial charge in [0, 0.05) is 0 Å². The van der Waals surface area contributed by atoms with Crippen LogP contribution in [0, 0.1) is 0 Å². The number of carbonyl (C=O) groups is 2. The van der Waals surface area contributed by atoms with Gasteiger partial charge in [0.05, 0.1) is 4.90 Å². The third kappa shape index (κ3) is 4.87. The fraction of sp³-hybridized carbons (Fsp3) is 0.111. The van der Waals surface area contributed by atoms with E-state index < -0.39 is 25.8 Å². The Morgan fingerprint density at radius 1 is 1.05 bits per heavy atom. The lowest BCUT2D eigenvalue weighted by molar-refractivity contribution is -0.119. The van der Waals surface area contributed by atoms with E-state index in [1.54, 1.807) is 16.1 Å². The van der Waals surface area contributed by atoms with Crippen LogP contribution in [0.5, 0.6) is 0 Å². The van der Waals surface area contributed by atoms with Crippen LogP contribution in [0.4, 0.5) is 4.79 Å². The van der Waals surface area contributed by atoms with Crippen LogP contribution in [0.2, 0.25) is 0 Å². The molecule has 0 aliphatic heterocycles. The molecule has 0 radical (unpaired) electrons. The molecule has 1 aromatic rings. The van der Waals surface area contributed by atoms with Crippen molar-refractivity contribution in [2.75, 3.05) is 0 Å². The molecule has 0 aliphatic rings. The van der Waals surface area contributed by atoms with Gasteiger partial charge in [0.1, 0.15) is 0 Å². The van der Waals surface area contributed by atoms with Crippen LogP contribution in [0.1, 0.15) is 0 Å². The van der Waals surface area contributed by atoms with Gasteiger partial charge in [0.15, 0.2) is 0 Å². The highest BCUT2D eigenvalue weighted by Gasteiger charge is 2.32. The van der Waals surface area contributed by atoms with E-state index in [0.29, 0.717) is 0 Å². The monoisotopic (exact) mass is 344 g/mol. The third-order valence-corrected chi connectivity index (χ3v) is 3.63. The van der Waals surface area contributed by atoms with Crippen LogP contribution in [0.25, 0.3) is 0 Å². The number of sulfonamides is 1. The zero-order valence-corrected chi connectivity index (χ0v) is 12.1. The fourth-order valence-corrected chi connectivity index (χ4v) is 2.05. The number of hydrogen-bond donors (Lipinski definition) is 2. The maximum Gasteiger partial charge on any atom is 0.335 e. The van der Waals surface area contributed by atoms with E-state index in [1.807, 2.05) is 0 Å². The molecule has 0 heterocycles. The topological polar surface area (TPSA) is 92.3 Å². The predicted molar refractivity (Wildman–Crippen MR) is 70.6 cm³/mol. The summed E-state index contributed by atoms with van der Waals surface area (Å²) in [5.41, 5.74) is 0. The normalized spacial score (nSPS) is 11.7. The van der Waals surface area contributed by atoms with Gasteiger partial charge >= 0.3 is 6.03 Å². The average Bonchev–Trinajstić information content (AvgIpc) is 2.28. The lowest BCUT2D eigenvalue weighted by Gasteiger charge is -2.11. The van der Waals surface area contributed by atoms with Gasteiger partial charge in [0.2, 0.25) is 0 Å². The Labute approximate surface area is 124 Å². The van der Waals surface area contributed by atoms with Crippen molar-refractivity contribution in [1.82, 2.24) is 10.0 Å². The Bertz CT molecular complexity index is 583. The minimum absolute atomic E-state index is 0.147. The molecule has 0 saturated carbocycles. The SMILES string of the molecule is O=C(NC(=O)C(Cl)(Cl)Cl)NS(=O)(=O)c1ccccc1. The maximum atomic E-state index is 11.7. The van der Waals surface area contributed by atoms with Gasteiger partial charge < -0.3 is 0 Å². The number of nitrogens with one attached hydrogen (secondary N) is 2. The van der Waals surface area contributed by atoms with Gasteiger partial charge in [-0.05, 0) is 12.1 Å². The first-order valence-electron chi connectivity index (χ1n) is 4.63. The average molecular weight is 346 g/mol. The highest BCUT2D eigenvalue weighted by molar-refractivity contribution is 7.90. The summed E-state index contributed by atoms with van der Waals surface area (Å²) < 4.78 is 22.6. The predicted octanol–water partition coefficient (Wildman–Crippen LogP) is 1.57. The number of imide groups is 1. The summed E-state index contributed by atoms with van der Waals surface area (Å²) in [5.74, 6) is -1.27. The van der Waals surface area contributed by atoms with Crippen LogP contribution in [0.3, 0.4) is 0 Å². The summed E-state index contributed by atoms with van der Waals surface area (Å²) in [6.07, 6.45) is 0. The van der Waals surface area contributed by atoms with Crippen molar-refractivity contribution < 1.29 is 18.0 Å². The van der Waals surface area contributed by atoms with E-state index in [2.05, 4.69) is 0 Å². The zero-order chi connectivity index (χ0) is 14.7. The second-order valence-corrected chi connectivity index (χ2v) is 7.16. The molecule has 104 valence electrons. The van der Waals surface area contributed by atoms with Crippen LogP contribution >= 0.6 is 34.8 Å². The van der Waals surface area contributed by atoms with Crippen LogP contribution in [0.15, 0.2) is 35.2 Å². The first kappa shape index (κ1) is 16.0. The molecular weight excluding hydrogens is 339 g/mol. The molecule has 3 amide bonds. The molecule has 1 rings (SSSR count). The molecule has 10 heteroatoms. The van der Waals surface area contributed by atoms with Crippen LogP contribution in [-0.4, -0.2) is 24.1 Å². The number of benzene rings is 1. The molecule has 0 fully saturated rings. The second-order valence-electron chi connectivity index (χ2n) is 3.20. The Kier molecular flexibility index (Phi) is 5.03. The van der Waals surface area contributed by atoms with Gasteiger partial charge in [-0.2, -0.15) is 0 Å². The minimum Gasteiger partial charge on any atom is -0.274 e. The number of rotatable bonds is 2. The molecule has 6 nitrogen and oxygen atoms in total. The molecule has 0 spiro atoms. The summed E-state index contributed by atoms with van der Waals surface area (Å²) in [4.78, 5) is 22.3. The largest absolute Gasteiger partial charge is 0.335 e. The van der Waals surface area contributed by atoms with E-state index >= 15 is 0 Å². The van der Waals surface area contributed by atoms with Gasteiger partial charge in [-0.1, -0.05) is 53.0 Å².